The lowest BCUT2D eigenvalue weighted by Gasteiger charge is -2.33. The van der Waals surface area contributed by atoms with Crippen molar-refractivity contribution in [3.05, 3.63) is 59.8 Å². The second-order valence-electron chi connectivity index (χ2n) is 12.2. The number of carbonyl (C=O) groups excluding carboxylic acids is 1. The van der Waals surface area contributed by atoms with Crippen LogP contribution in [-0.4, -0.2) is 65.2 Å². The van der Waals surface area contributed by atoms with Crippen LogP contribution < -0.4 is 21.1 Å². The molecular formula is C33H43N7O4S. The van der Waals surface area contributed by atoms with E-state index in [0.717, 1.165) is 42.6 Å². The number of benzene rings is 2. The maximum atomic E-state index is 13.1. The number of para-hydroxylation sites is 1. The summed E-state index contributed by atoms with van der Waals surface area (Å²) in [5, 5.41) is 6.80. The van der Waals surface area contributed by atoms with Crippen LogP contribution in [0.3, 0.4) is 0 Å². The van der Waals surface area contributed by atoms with Gasteiger partial charge in [-0.25, -0.2) is 8.42 Å². The largest absolute Gasteiger partial charge is 0.489 e. The number of carbonyl (C=O) groups is 1. The number of aromatic nitrogens is 3. The predicted molar refractivity (Wildman–Crippen MR) is 178 cm³/mol. The molecular weight excluding hydrogens is 590 g/mol. The molecule has 1 saturated heterocycles. The van der Waals surface area contributed by atoms with Crippen LogP contribution in [0.1, 0.15) is 64.0 Å². The molecule has 0 bridgehead atoms. The number of piperidine rings is 1. The van der Waals surface area contributed by atoms with E-state index in [1.165, 1.54) is 5.56 Å². The molecule has 0 saturated carbocycles. The number of primary amides is 1. The van der Waals surface area contributed by atoms with Gasteiger partial charge in [0.05, 0.1) is 33.0 Å². The van der Waals surface area contributed by atoms with E-state index in [1.807, 2.05) is 19.9 Å². The smallest absolute Gasteiger partial charge is 0.231 e. The monoisotopic (exact) mass is 633 g/mol. The van der Waals surface area contributed by atoms with Crippen LogP contribution >= 0.6 is 0 Å². The first-order valence-electron chi connectivity index (χ1n) is 15.5. The van der Waals surface area contributed by atoms with Crippen molar-refractivity contribution in [2.75, 3.05) is 30.3 Å². The Morgan fingerprint density at radius 2 is 1.80 bits per heavy atom. The highest BCUT2D eigenvalue weighted by atomic mass is 32.2. The van der Waals surface area contributed by atoms with Crippen LogP contribution in [-0.2, 0) is 14.6 Å². The number of anilines is 4. The normalized spacial score (nSPS) is 14.7. The number of rotatable bonds is 12. The SMILES string of the molecule is Cc1cc(Nc2nc(Nc3ccccc3S(=O)(=O)C(C)C)c3cc[nH]c3n2)c(OC(C)C)cc1C1CCN(CCC(N)=O)CC1. The summed E-state index contributed by atoms with van der Waals surface area (Å²) < 4.78 is 32.5. The van der Waals surface area contributed by atoms with Crippen molar-refractivity contribution in [2.24, 2.45) is 5.73 Å². The molecule has 0 atom stereocenters. The quantitative estimate of drug-likeness (QED) is 0.152. The first-order valence-corrected chi connectivity index (χ1v) is 17.0. The van der Waals surface area contributed by atoms with E-state index in [4.69, 9.17) is 20.4 Å². The van der Waals surface area contributed by atoms with E-state index in [1.54, 1.807) is 44.3 Å². The number of aryl methyl sites for hydroxylation is 1. The van der Waals surface area contributed by atoms with Crippen LogP contribution in [0, 0.1) is 6.92 Å². The molecule has 4 aromatic rings. The van der Waals surface area contributed by atoms with Gasteiger partial charge < -0.3 is 31.0 Å². The molecule has 0 aliphatic carbocycles. The van der Waals surface area contributed by atoms with Gasteiger partial charge in [-0.3, -0.25) is 4.79 Å². The number of nitrogens with one attached hydrogen (secondary N) is 3. The van der Waals surface area contributed by atoms with Crippen molar-refractivity contribution in [1.82, 2.24) is 19.9 Å². The second kappa shape index (κ2) is 13.5. The average molecular weight is 634 g/mol. The fraction of sp³-hybridized carbons (Fsp3) is 0.424. The predicted octanol–water partition coefficient (Wildman–Crippen LogP) is 5.78. The zero-order chi connectivity index (χ0) is 32.3. The van der Waals surface area contributed by atoms with Crippen molar-refractivity contribution >= 4 is 49.9 Å². The van der Waals surface area contributed by atoms with Crippen molar-refractivity contribution < 1.29 is 17.9 Å². The summed E-state index contributed by atoms with van der Waals surface area (Å²) in [5.74, 6) is 1.62. The first kappa shape index (κ1) is 32.2. The lowest BCUT2D eigenvalue weighted by molar-refractivity contribution is -0.118. The number of H-pyrrole nitrogens is 1. The summed E-state index contributed by atoms with van der Waals surface area (Å²) in [4.78, 5) is 26.4. The van der Waals surface area contributed by atoms with Crippen molar-refractivity contribution in [2.45, 2.75) is 76.0 Å². The first-order chi connectivity index (χ1) is 21.4. The Kier molecular flexibility index (Phi) is 9.64. The molecule has 1 fully saturated rings. The Morgan fingerprint density at radius 1 is 1.07 bits per heavy atom. The zero-order valence-corrected chi connectivity index (χ0v) is 27.4. The Balaban J connectivity index is 1.44. The summed E-state index contributed by atoms with van der Waals surface area (Å²) in [7, 11) is -3.54. The third-order valence-electron chi connectivity index (χ3n) is 8.16. The van der Waals surface area contributed by atoms with Gasteiger partial charge in [-0.15, -0.1) is 0 Å². The van der Waals surface area contributed by atoms with Crippen LogP contribution in [0.2, 0.25) is 0 Å². The van der Waals surface area contributed by atoms with Gasteiger partial charge in [-0.05, 0) is 108 Å². The number of hydrogen-bond acceptors (Lipinski definition) is 9. The van der Waals surface area contributed by atoms with Gasteiger partial charge in [0.25, 0.3) is 0 Å². The Labute approximate surface area is 264 Å². The fourth-order valence-electron chi connectivity index (χ4n) is 5.74. The van der Waals surface area contributed by atoms with Crippen LogP contribution in [0.25, 0.3) is 11.0 Å². The zero-order valence-electron chi connectivity index (χ0n) is 26.6. The number of nitrogens with two attached hydrogens (primary N) is 1. The van der Waals surface area contributed by atoms with Gasteiger partial charge in [0.1, 0.15) is 17.2 Å². The minimum absolute atomic E-state index is 0.0554. The van der Waals surface area contributed by atoms with Gasteiger partial charge in [-0.1, -0.05) is 12.1 Å². The van der Waals surface area contributed by atoms with Crippen LogP contribution in [0.5, 0.6) is 5.75 Å². The van der Waals surface area contributed by atoms with E-state index in [0.29, 0.717) is 47.7 Å². The average Bonchev–Trinajstić information content (AvgIpc) is 3.47. The highest BCUT2D eigenvalue weighted by Crippen LogP contribution is 2.38. The maximum Gasteiger partial charge on any atom is 0.231 e. The molecule has 11 nitrogen and oxygen atoms in total. The van der Waals surface area contributed by atoms with Gasteiger partial charge in [-0.2, -0.15) is 9.97 Å². The molecule has 240 valence electrons. The fourth-order valence-corrected chi connectivity index (χ4v) is 6.94. The molecule has 0 unspecified atom stereocenters. The molecule has 2 aromatic heterocycles. The number of sulfone groups is 1. The molecule has 3 heterocycles. The molecule has 12 heteroatoms. The highest BCUT2D eigenvalue weighted by molar-refractivity contribution is 7.92. The van der Waals surface area contributed by atoms with Crippen LogP contribution in [0.15, 0.2) is 53.6 Å². The standard InChI is InChI=1S/C33H43N7O4S/c1-20(2)44-28-19-25(23-11-15-40(16-12-23)17-13-30(34)41)22(5)18-27(28)37-33-38-31-24(10-14-35-31)32(39-33)36-26-8-6-7-9-29(26)45(42,43)21(3)4/h6-10,14,18-21,23H,11-13,15-17H2,1-5H3,(H2,34,41)(H3,35,36,37,38,39). The molecule has 0 radical (unpaired) electrons. The van der Waals surface area contributed by atoms with Crippen molar-refractivity contribution in [3.8, 4) is 5.75 Å². The molecule has 2 aromatic carbocycles. The molecule has 1 amide bonds. The van der Waals surface area contributed by atoms with Crippen LogP contribution in [0.4, 0.5) is 23.1 Å². The third kappa shape index (κ3) is 7.39. The lowest BCUT2D eigenvalue weighted by Crippen LogP contribution is -2.35. The van der Waals surface area contributed by atoms with Gasteiger partial charge in [0.15, 0.2) is 9.84 Å². The lowest BCUT2D eigenvalue weighted by atomic mass is 9.86. The summed E-state index contributed by atoms with van der Waals surface area (Å²) in [6.07, 6.45) is 4.08. The Morgan fingerprint density at radius 3 is 2.49 bits per heavy atom. The highest BCUT2D eigenvalue weighted by Gasteiger charge is 2.25. The second-order valence-corrected chi connectivity index (χ2v) is 14.7. The van der Waals surface area contributed by atoms with Gasteiger partial charge in [0, 0.05) is 19.2 Å². The number of aromatic amines is 1. The number of fused-ring (bicyclic) bond motifs is 1. The molecule has 5 N–H and O–H groups in total. The third-order valence-corrected chi connectivity index (χ3v) is 10.4. The number of nitrogens with zero attached hydrogens (tertiary/aromatic N) is 3. The summed E-state index contributed by atoms with van der Waals surface area (Å²) >= 11 is 0. The van der Waals surface area contributed by atoms with E-state index in [-0.39, 0.29) is 16.9 Å². The molecule has 5 rings (SSSR count). The minimum atomic E-state index is -3.54. The molecule has 45 heavy (non-hydrogen) atoms. The number of amides is 1. The summed E-state index contributed by atoms with van der Waals surface area (Å²) in [6.45, 7) is 12.0. The van der Waals surface area contributed by atoms with Gasteiger partial charge >= 0.3 is 0 Å². The molecule has 1 aliphatic rings. The summed E-state index contributed by atoms with van der Waals surface area (Å²) in [6, 6.07) is 12.9. The number of likely N-dealkylation sites (tertiary alicyclic amines) is 1. The number of ether oxygens (including phenoxy) is 1. The Hall–Kier alpha value is -4.16. The van der Waals surface area contributed by atoms with E-state index < -0.39 is 15.1 Å². The van der Waals surface area contributed by atoms with E-state index >= 15 is 0 Å². The summed E-state index contributed by atoms with van der Waals surface area (Å²) in [5.41, 5.74) is 9.52. The maximum absolute atomic E-state index is 13.1. The molecule has 0 spiro atoms. The van der Waals surface area contributed by atoms with Crippen molar-refractivity contribution in [3.63, 3.8) is 0 Å². The van der Waals surface area contributed by atoms with Crippen molar-refractivity contribution in [1.29, 1.82) is 0 Å². The minimum Gasteiger partial charge on any atom is -0.489 e. The Bertz CT molecular complexity index is 1780. The van der Waals surface area contributed by atoms with E-state index in [9.17, 15) is 13.2 Å². The molecule has 1 aliphatic heterocycles. The van der Waals surface area contributed by atoms with Gasteiger partial charge in [0.2, 0.25) is 11.9 Å². The number of hydrogen-bond donors (Lipinski definition) is 4. The van der Waals surface area contributed by atoms with E-state index in [2.05, 4.69) is 39.6 Å². The topological polar surface area (TPSA) is 155 Å².